The maximum absolute atomic E-state index is 12.9. The zero-order valence-electron chi connectivity index (χ0n) is 18.1. The predicted octanol–water partition coefficient (Wildman–Crippen LogP) is 2.84. The molecule has 9 heteroatoms. The largest absolute Gasteiger partial charge is 0.343 e. The first kappa shape index (κ1) is 22.0. The summed E-state index contributed by atoms with van der Waals surface area (Å²) in [6.45, 7) is 4.32. The molecule has 1 fully saturated rings. The Morgan fingerprint density at radius 3 is 2.55 bits per heavy atom. The van der Waals surface area contributed by atoms with E-state index in [1.807, 2.05) is 35.0 Å². The van der Waals surface area contributed by atoms with Gasteiger partial charge in [0.15, 0.2) is 4.96 Å². The van der Waals surface area contributed by atoms with Crippen LogP contribution < -0.4 is 10.9 Å². The number of nitrogens with one attached hydrogen (secondary N) is 1. The minimum absolute atomic E-state index is 0.0311. The maximum Gasteiger partial charge on any atom is 0.258 e. The summed E-state index contributed by atoms with van der Waals surface area (Å²) in [5.74, 6) is 0.0311. The van der Waals surface area contributed by atoms with E-state index in [9.17, 15) is 9.59 Å². The van der Waals surface area contributed by atoms with Crippen molar-refractivity contribution >= 4 is 33.5 Å². The van der Waals surface area contributed by atoms with Crippen LogP contribution in [-0.2, 0) is 11.3 Å². The topological polar surface area (TPSA) is 70.0 Å². The molecule has 33 heavy (non-hydrogen) atoms. The molecule has 0 saturated carbocycles. The fourth-order valence-corrected chi connectivity index (χ4v) is 5.67. The standard InChI is InChI=1S/C24H25N5O2S2/c30-21(26-23(20-7-4-13-32-20)18-5-2-1-3-6-18)17-28-10-8-27(9-11-28)16-19-15-22(31)29-12-14-33-24(29)25-19/h1-7,12-15,23H,8-11,16-17H2,(H,26,30). The van der Waals surface area contributed by atoms with Gasteiger partial charge in [0.05, 0.1) is 18.3 Å². The van der Waals surface area contributed by atoms with Gasteiger partial charge in [0.1, 0.15) is 0 Å². The number of rotatable bonds is 7. The zero-order chi connectivity index (χ0) is 22.6. The fraction of sp³-hybridized carbons (Fsp3) is 0.292. The number of carbonyl (C=O) groups is 1. The minimum Gasteiger partial charge on any atom is -0.343 e. The Bertz CT molecular complexity index is 1260. The molecular formula is C24H25N5O2S2. The van der Waals surface area contributed by atoms with Crippen molar-refractivity contribution in [1.29, 1.82) is 0 Å². The minimum atomic E-state index is -0.127. The first-order chi connectivity index (χ1) is 16.2. The molecular weight excluding hydrogens is 454 g/mol. The van der Waals surface area contributed by atoms with Crippen LogP contribution in [0.5, 0.6) is 0 Å². The van der Waals surface area contributed by atoms with Crippen LogP contribution in [-0.4, -0.2) is 57.8 Å². The molecule has 3 aromatic heterocycles. The zero-order valence-corrected chi connectivity index (χ0v) is 19.7. The van der Waals surface area contributed by atoms with Gasteiger partial charge in [0, 0.05) is 55.2 Å². The van der Waals surface area contributed by atoms with E-state index in [0.717, 1.165) is 47.3 Å². The lowest BCUT2D eigenvalue weighted by molar-refractivity contribution is -0.123. The van der Waals surface area contributed by atoms with Gasteiger partial charge in [0.25, 0.3) is 5.56 Å². The number of hydrogen-bond donors (Lipinski definition) is 1. The summed E-state index contributed by atoms with van der Waals surface area (Å²) in [6, 6.07) is 15.7. The van der Waals surface area contributed by atoms with Gasteiger partial charge >= 0.3 is 0 Å². The third kappa shape index (κ3) is 5.22. The Kier molecular flexibility index (Phi) is 6.63. The number of thiazole rings is 1. The highest BCUT2D eigenvalue weighted by atomic mass is 32.1. The monoisotopic (exact) mass is 479 g/mol. The van der Waals surface area contributed by atoms with Crippen molar-refractivity contribution in [3.05, 3.63) is 92.0 Å². The van der Waals surface area contributed by atoms with E-state index >= 15 is 0 Å². The van der Waals surface area contributed by atoms with Crippen molar-refractivity contribution in [1.82, 2.24) is 24.5 Å². The number of fused-ring (bicyclic) bond motifs is 1. The van der Waals surface area contributed by atoms with Crippen molar-refractivity contribution in [2.45, 2.75) is 12.6 Å². The van der Waals surface area contributed by atoms with Gasteiger partial charge in [-0.2, -0.15) is 0 Å². The second-order valence-corrected chi connectivity index (χ2v) is 9.97. The van der Waals surface area contributed by atoms with Crippen LogP contribution in [0.25, 0.3) is 4.96 Å². The fourth-order valence-electron chi connectivity index (χ4n) is 4.13. The average Bonchev–Trinajstić information content (AvgIpc) is 3.52. The van der Waals surface area contributed by atoms with E-state index in [2.05, 4.69) is 38.3 Å². The molecule has 1 saturated heterocycles. The van der Waals surface area contributed by atoms with Crippen molar-refractivity contribution < 1.29 is 4.79 Å². The van der Waals surface area contributed by atoms with E-state index in [4.69, 9.17) is 0 Å². The first-order valence-electron chi connectivity index (χ1n) is 10.9. The first-order valence-corrected chi connectivity index (χ1v) is 12.7. The molecule has 4 aromatic rings. The summed E-state index contributed by atoms with van der Waals surface area (Å²) in [7, 11) is 0. The molecule has 1 amide bonds. The second-order valence-electron chi connectivity index (χ2n) is 8.12. The smallest absolute Gasteiger partial charge is 0.258 e. The molecule has 1 atom stereocenters. The average molecular weight is 480 g/mol. The van der Waals surface area contributed by atoms with Gasteiger partial charge in [-0.15, -0.1) is 22.7 Å². The summed E-state index contributed by atoms with van der Waals surface area (Å²) < 4.78 is 1.57. The van der Waals surface area contributed by atoms with Crippen LogP contribution in [0.3, 0.4) is 0 Å². The van der Waals surface area contributed by atoms with Crippen LogP contribution in [0, 0.1) is 0 Å². The number of thiophene rings is 1. The number of amides is 1. The molecule has 0 radical (unpaired) electrons. The van der Waals surface area contributed by atoms with Gasteiger partial charge in [-0.3, -0.25) is 23.8 Å². The lowest BCUT2D eigenvalue weighted by Crippen LogP contribution is -2.49. The summed E-state index contributed by atoms with van der Waals surface area (Å²) in [6.07, 6.45) is 1.75. The number of carbonyl (C=O) groups excluding carboxylic acids is 1. The quantitative estimate of drug-likeness (QED) is 0.442. The van der Waals surface area contributed by atoms with Gasteiger partial charge in [0.2, 0.25) is 5.91 Å². The second kappa shape index (κ2) is 9.96. The third-order valence-corrected chi connectivity index (χ3v) is 7.53. The lowest BCUT2D eigenvalue weighted by Gasteiger charge is -2.34. The van der Waals surface area contributed by atoms with Gasteiger partial charge in [-0.05, 0) is 17.0 Å². The Morgan fingerprint density at radius 2 is 1.79 bits per heavy atom. The molecule has 5 rings (SSSR count). The van der Waals surface area contributed by atoms with Crippen molar-refractivity contribution in [3.8, 4) is 0 Å². The molecule has 1 aliphatic heterocycles. The molecule has 170 valence electrons. The highest BCUT2D eigenvalue weighted by molar-refractivity contribution is 7.15. The van der Waals surface area contributed by atoms with Crippen LogP contribution in [0.1, 0.15) is 22.2 Å². The maximum atomic E-state index is 12.9. The van der Waals surface area contributed by atoms with Crippen LogP contribution in [0.15, 0.2) is 70.3 Å². The Labute approximate surface area is 199 Å². The molecule has 4 heterocycles. The molecule has 1 unspecified atom stereocenters. The van der Waals surface area contributed by atoms with E-state index in [1.54, 1.807) is 28.0 Å². The molecule has 0 bridgehead atoms. The molecule has 7 nitrogen and oxygen atoms in total. The highest BCUT2D eigenvalue weighted by Gasteiger charge is 2.22. The molecule has 1 N–H and O–H groups in total. The SMILES string of the molecule is O=C(CN1CCN(Cc2cc(=O)n3ccsc3n2)CC1)NC(c1ccccc1)c1cccs1. The van der Waals surface area contributed by atoms with Crippen molar-refractivity contribution in [2.24, 2.45) is 0 Å². The number of benzene rings is 1. The van der Waals surface area contributed by atoms with Gasteiger partial charge in [-0.25, -0.2) is 4.98 Å². The summed E-state index contributed by atoms with van der Waals surface area (Å²) in [4.78, 5) is 36.0. The molecule has 1 aliphatic rings. The van der Waals surface area contributed by atoms with Crippen LogP contribution >= 0.6 is 22.7 Å². The van der Waals surface area contributed by atoms with Gasteiger partial charge in [-0.1, -0.05) is 36.4 Å². The Morgan fingerprint density at radius 1 is 1.00 bits per heavy atom. The van der Waals surface area contributed by atoms with E-state index < -0.39 is 0 Å². The van der Waals surface area contributed by atoms with E-state index in [-0.39, 0.29) is 17.5 Å². The highest BCUT2D eigenvalue weighted by Crippen LogP contribution is 2.25. The number of nitrogens with zero attached hydrogens (tertiary/aromatic N) is 4. The number of aromatic nitrogens is 2. The van der Waals surface area contributed by atoms with Crippen LogP contribution in [0.4, 0.5) is 0 Å². The Balaban J connectivity index is 1.16. The van der Waals surface area contributed by atoms with Crippen molar-refractivity contribution in [2.75, 3.05) is 32.7 Å². The summed E-state index contributed by atoms with van der Waals surface area (Å²) in [5, 5.41) is 7.14. The summed E-state index contributed by atoms with van der Waals surface area (Å²) in [5.41, 5.74) is 1.85. The predicted molar refractivity (Wildman–Crippen MR) is 132 cm³/mol. The summed E-state index contributed by atoms with van der Waals surface area (Å²) >= 11 is 3.12. The van der Waals surface area contributed by atoms with E-state index in [0.29, 0.717) is 13.1 Å². The number of hydrogen-bond acceptors (Lipinski definition) is 7. The Hall–Kier alpha value is -2.85. The van der Waals surface area contributed by atoms with Crippen LogP contribution in [0.2, 0.25) is 0 Å². The van der Waals surface area contributed by atoms with E-state index in [1.165, 1.54) is 11.3 Å². The third-order valence-electron chi connectivity index (χ3n) is 5.84. The molecule has 0 aliphatic carbocycles. The number of piperazine rings is 1. The van der Waals surface area contributed by atoms with Crippen molar-refractivity contribution in [3.63, 3.8) is 0 Å². The van der Waals surface area contributed by atoms with Gasteiger partial charge < -0.3 is 5.32 Å². The molecule has 1 aromatic carbocycles. The normalized spacial score (nSPS) is 16.1. The molecule has 0 spiro atoms. The lowest BCUT2D eigenvalue weighted by atomic mass is 10.1.